The fourth-order valence-electron chi connectivity index (χ4n) is 2.46. The Balaban J connectivity index is 2.36. The van der Waals surface area contributed by atoms with Crippen molar-refractivity contribution in [2.75, 3.05) is 33.2 Å². The lowest BCUT2D eigenvalue weighted by atomic mass is 9.86. The monoisotopic (exact) mass is 277 g/mol. The van der Waals surface area contributed by atoms with Gasteiger partial charge in [0.2, 0.25) is 0 Å². The first-order valence-corrected chi connectivity index (χ1v) is 7.88. The fraction of sp³-hybridized carbons (Fsp3) is 0.706. The number of rotatable bonds is 10. The minimum absolute atomic E-state index is 0.363. The summed E-state index contributed by atoms with van der Waals surface area (Å²) in [6, 6.07) is 4.21. The van der Waals surface area contributed by atoms with Gasteiger partial charge in [0.15, 0.2) is 0 Å². The second-order valence-electron chi connectivity index (χ2n) is 6.18. The molecule has 0 aliphatic carbocycles. The van der Waals surface area contributed by atoms with Crippen LogP contribution in [0.15, 0.2) is 24.5 Å². The molecule has 20 heavy (non-hydrogen) atoms. The lowest BCUT2D eigenvalue weighted by Gasteiger charge is -2.33. The Bertz CT molecular complexity index is 353. The third-order valence-electron chi connectivity index (χ3n) is 4.02. The summed E-state index contributed by atoms with van der Waals surface area (Å²) in [4.78, 5) is 6.52. The summed E-state index contributed by atoms with van der Waals surface area (Å²) in [5.74, 6) is 0. The first-order valence-electron chi connectivity index (χ1n) is 7.88. The van der Waals surface area contributed by atoms with Gasteiger partial charge in [-0.15, -0.1) is 0 Å². The summed E-state index contributed by atoms with van der Waals surface area (Å²) in [5, 5.41) is 3.57. The molecule has 0 amide bonds. The van der Waals surface area contributed by atoms with Crippen molar-refractivity contribution in [1.29, 1.82) is 0 Å². The molecule has 1 rings (SSSR count). The molecule has 1 N–H and O–H groups in total. The largest absolute Gasteiger partial charge is 0.316 e. The molecule has 1 atom stereocenters. The Kier molecular flexibility index (Phi) is 7.78. The fourth-order valence-corrected chi connectivity index (χ4v) is 2.46. The van der Waals surface area contributed by atoms with Crippen molar-refractivity contribution >= 4 is 0 Å². The average Bonchev–Trinajstić information content (AvgIpc) is 2.46. The SMILES string of the molecule is CCCNCC(C)(CC)CN(C)CCc1ccncc1. The van der Waals surface area contributed by atoms with Crippen LogP contribution in [-0.4, -0.2) is 43.1 Å². The minimum Gasteiger partial charge on any atom is -0.316 e. The lowest BCUT2D eigenvalue weighted by Crippen LogP contribution is -2.41. The summed E-state index contributed by atoms with van der Waals surface area (Å²) in [6.07, 6.45) is 7.27. The quantitative estimate of drug-likeness (QED) is 0.666. The van der Waals surface area contributed by atoms with Crippen LogP contribution in [-0.2, 0) is 6.42 Å². The summed E-state index contributed by atoms with van der Waals surface area (Å²) in [7, 11) is 2.23. The van der Waals surface area contributed by atoms with Crippen molar-refractivity contribution in [1.82, 2.24) is 15.2 Å². The molecule has 0 radical (unpaired) electrons. The molecule has 0 aliphatic rings. The van der Waals surface area contributed by atoms with E-state index in [9.17, 15) is 0 Å². The van der Waals surface area contributed by atoms with Gasteiger partial charge >= 0.3 is 0 Å². The second kappa shape index (κ2) is 9.09. The number of likely N-dealkylation sites (N-methyl/N-ethyl adjacent to an activating group) is 1. The molecule has 0 saturated carbocycles. The van der Waals surface area contributed by atoms with Crippen molar-refractivity contribution in [3.05, 3.63) is 30.1 Å². The van der Waals surface area contributed by atoms with Gasteiger partial charge in [-0.05, 0) is 56.0 Å². The number of nitrogens with zero attached hydrogens (tertiary/aromatic N) is 2. The van der Waals surface area contributed by atoms with E-state index in [0.717, 1.165) is 32.6 Å². The predicted molar refractivity (Wildman–Crippen MR) is 87.0 cm³/mol. The smallest absolute Gasteiger partial charge is 0.0270 e. The molecule has 1 aromatic rings. The first-order chi connectivity index (χ1) is 9.59. The molecule has 0 fully saturated rings. The Hall–Kier alpha value is -0.930. The molecule has 0 spiro atoms. The Morgan fingerprint density at radius 3 is 2.55 bits per heavy atom. The van der Waals surface area contributed by atoms with E-state index in [4.69, 9.17) is 0 Å². The molecule has 3 heteroatoms. The number of aromatic nitrogens is 1. The first kappa shape index (κ1) is 17.1. The van der Waals surface area contributed by atoms with E-state index in [1.807, 2.05) is 12.4 Å². The van der Waals surface area contributed by atoms with E-state index in [1.165, 1.54) is 18.4 Å². The van der Waals surface area contributed by atoms with Gasteiger partial charge < -0.3 is 10.2 Å². The van der Waals surface area contributed by atoms with Crippen molar-refractivity contribution in [3.8, 4) is 0 Å². The van der Waals surface area contributed by atoms with E-state index in [2.05, 4.69) is 55.2 Å². The van der Waals surface area contributed by atoms with Gasteiger partial charge in [-0.25, -0.2) is 0 Å². The number of hydrogen-bond acceptors (Lipinski definition) is 3. The van der Waals surface area contributed by atoms with Crippen LogP contribution in [0, 0.1) is 5.41 Å². The molecular weight excluding hydrogens is 246 g/mol. The second-order valence-corrected chi connectivity index (χ2v) is 6.18. The van der Waals surface area contributed by atoms with Gasteiger partial charge in [-0.1, -0.05) is 20.8 Å². The van der Waals surface area contributed by atoms with Crippen molar-refractivity contribution in [2.24, 2.45) is 5.41 Å². The van der Waals surface area contributed by atoms with E-state index in [-0.39, 0.29) is 0 Å². The maximum absolute atomic E-state index is 4.07. The van der Waals surface area contributed by atoms with Crippen LogP contribution in [0.1, 0.15) is 39.2 Å². The Morgan fingerprint density at radius 2 is 1.95 bits per heavy atom. The van der Waals surface area contributed by atoms with Gasteiger partial charge in [0.1, 0.15) is 0 Å². The van der Waals surface area contributed by atoms with E-state index in [0.29, 0.717) is 5.41 Å². The Labute approximate surface area is 124 Å². The lowest BCUT2D eigenvalue weighted by molar-refractivity contribution is 0.181. The van der Waals surface area contributed by atoms with Crippen LogP contribution in [0.25, 0.3) is 0 Å². The van der Waals surface area contributed by atoms with Crippen molar-refractivity contribution in [2.45, 2.75) is 40.0 Å². The number of nitrogens with one attached hydrogen (secondary N) is 1. The maximum atomic E-state index is 4.07. The van der Waals surface area contributed by atoms with Gasteiger partial charge in [0.05, 0.1) is 0 Å². The molecule has 1 aromatic heterocycles. The van der Waals surface area contributed by atoms with E-state index in [1.54, 1.807) is 0 Å². The zero-order valence-electron chi connectivity index (χ0n) is 13.7. The van der Waals surface area contributed by atoms with Gasteiger partial charge in [-0.3, -0.25) is 4.98 Å². The highest BCUT2D eigenvalue weighted by molar-refractivity contribution is 5.09. The van der Waals surface area contributed by atoms with Crippen LogP contribution in [0.5, 0.6) is 0 Å². The highest BCUT2D eigenvalue weighted by Gasteiger charge is 2.23. The molecular formula is C17H31N3. The summed E-state index contributed by atoms with van der Waals surface area (Å²) in [6.45, 7) is 11.4. The summed E-state index contributed by atoms with van der Waals surface area (Å²) in [5.41, 5.74) is 1.73. The van der Waals surface area contributed by atoms with E-state index < -0.39 is 0 Å². The van der Waals surface area contributed by atoms with Crippen molar-refractivity contribution in [3.63, 3.8) is 0 Å². The molecule has 3 nitrogen and oxygen atoms in total. The van der Waals surface area contributed by atoms with Crippen LogP contribution in [0.2, 0.25) is 0 Å². The third kappa shape index (κ3) is 6.49. The van der Waals surface area contributed by atoms with Gasteiger partial charge in [0.25, 0.3) is 0 Å². The summed E-state index contributed by atoms with van der Waals surface area (Å²) >= 11 is 0. The van der Waals surface area contributed by atoms with Crippen LogP contribution >= 0.6 is 0 Å². The van der Waals surface area contributed by atoms with Crippen LogP contribution < -0.4 is 5.32 Å². The standard InChI is InChI=1S/C17H31N3/c1-5-10-19-14-17(3,6-2)15-20(4)13-9-16-7-11-18-12-8-16/h7-8,11-12,19H,5-6,9-10,13-15H2,1-4H3. The summed E-state index contributed by atoms with van der Waals surface area (Å²) < 4.78 is 0. The molecule has 0 saturated heterocycles. The van der Waals surface area contributed by atoms with Crippen LogP contribution in [0.3, 0.4) is 0 Å². The van der Waals surface area contributed by atoms with Gasteiger partial charge in [-0.2, -0.15) is 0 Å². The molecule has 1 unspecified atom stereocenters. The van der Waals surface area contributed by atoms with Gasteiger partial charge in [0, 0.05) is 32.0 Å². The third-order valence-corrected chi connectivity index (χ3v) is 4.02. The van der Waals surface area contributed by atoms with E-state index >= 15 is 0 Å². The normalized spacial score (nSPS) is 14.4. The maximum Gasteiger partial charge on any atom is 0.0270 e. The number of hydrogen-bond donors (Lipinski definition) is 1. The zero-order chi connectivity index (χ0) is 14.8. The molecule has 0 aromatic carbocycles. The molecule has 1 heterocycles. The number of pyridine rings is 1. The zero-order valence-corrected chi connectivity index (χ0v) is 13.7. The molecule has 0 bridgehead atoms. The molecule has 0 aliphatic heterocycles. The average molecular weight is 277 g/mol. The van der Waals surface area contributed by atoms with Crippen molar-refractivity contribution < 1.29 is 0 Å². The minimum atomic E-state index is 0.363. The highest BCUT2D eigenvalue weighted by Crippen LogP contribution is 2.21. The van der Waals surface area contributed by atoms with Crippen LogP contribution in [0.4, 0.5) is 0 Å². The molecule has 114 valence electrons. The predicted octanol–water partition coefficient (Wildman–Crippen LogP) is 2.97. The Morgan fingerprint density at radius 1 is 1.25 bits per heavy atom. The highest BCUT2D eigenvalue weighted by atomic mass is 15.1. The topological polar surface area (TPSA) is 28.2 Å².